The Morgan fingerprint density at radius 3 is 1.71 bits per heavy atom. The number of nitrogens with zero attached hydrogens (tertiary/aromatic N) is 1. The Balaban J connectivity index is 1.43. The van der Waals surface area contributed by atoms with Crippen LogP contribution in [0.25, 0.3) is 17.2 Å². The molecule has 0 aliphatic carbocycles. The second-order valence-corrected chi connectivity index (χ2v) is 8.78. The summed E-state index contributed by atoms with van der Waals surface area (Å²) in [6, 6.07) is 40.1. The van der Waals surface area contributed by atoms with Crippen molar-refractivity contribution in [2.75, 3.05) is 0 Å². The van der Waals surface area contributed by atoms with E-state index in [2.05, 4.69) is 6.58 Å². The van der Waals surface area contributed by atoms with Crippen LogP contribution in [0.15, 0.2) is 128 Å². The molecule has 0 saturated carbocycles. The van der Waals surface area contributed by atoms with Gasteiger partial charge in [0, 0.05) is 17.2 Å². The molecule has 38 heavy (non-hydrogen) atoms. The van der Waals surface area contributed by atoms with Gasteiger partial charge in [-0.3, -0.25) is 0 Å². The predicted octanol–water partition coefficient (Wildman–Crippen LogP) is 8.13. The summed E-state index contributed by atoms with van der Waals surface area (Å²) in [5.74, 6) is 1.75. The molecule has 0 unspecified atom stereocenters. The third-order valence-electron chi connectivity index (χ3n) is 6.06. The zero-order chi connectivity index (χ0) is 26.0. The Morgan fingerprint density at radius 2 is 1.13 bits per heavy atom. The summed E-state index contributed by atoms with van der Waals surface area (Å²) < 4.78 is 18.4. The maximum atomic E-state index is 6.24. The van der Waals surface area contributed by atoms with Gasteiger partial charge in [-0.05, 0) is 34.4 Å². The van der Waals surface area contributed by atoms with Crippen molar-refractivity contribution in [2.24, 2.45) is 0 Å². The molecule has 5 aromatic rings. The van der Waals surface area contributed by atoms with Gasteiger partial charge in [0.2, 0.25) is 11.8 Å². The lowest BCUT2D eigenvalue weighted by Gasteiger charge is -2.15. The first-order chi connectivity index (χ1) is 18.8. The minimum atomic E-state index is 0.394. The van der Waals surface area contributed by atoms with Gasteiger partial charge in [-0.15, -0.1) is 0 Å². The topological polar surface area (TPSA) is 40.6 Å². The minimum absolute atomic E-state index is 0.394. The fourth-order valence-electron chi connectivity index (χ4n) is 4.02. The molecule has 1 aromatic heterocycles. The van der Waals surface area contributed by atoms with Gasteiger partial charge in [-0.2, -0.15) is 4.98 Å². The van der Waals surface area contributed by atoms with E-state index in [1.165, 1.54) is 0 Å². The van der Waals surface area contributed by atoms with Crippen molar-refractivity contribution >= 4 is 6.08 Å². The first-order valence-electron chi connectivity index (χ1n) is 12.6. The Kier molecular flexibility index (Phi) is 8.12. The number of pyridine rings is 1. The van der Waals surface area contributed by atoms with Crippen LogP contribution in [0.1, 0.15) is 22.3 Å². The molecule has 0 aliphatic heterocycles. The van der Waals surface area contributed by atoms with Crippen LogP contribution in [0, 0.1) is 0 Å². The van der Waals surface area contributed by atoms with Crippen LogP contribution in [0.3, 0.4) is 0 Å². The molecular formula is C34H29NO3. The van der Waals surface area contributed by atoms with Crippen molar-refractivity contribution in [3.8, 4) is 28.6 Å². The molecule has 0 fully saturated rings. The van der Waals surface area contributed by atoms with Crippen LogP contribution in [0.5, 0.6) is 17.5 Å². The third-order valence-corrected chi connectivity index (χ3v) is 6.06. The molecule has 1 heterocycles. The van der Waals surface area contributed by atoms with Gasteiger partial charge in [0.25, 0.3) is 0 Å². The fraction of sp³-hybridized carbons (Fsp3) is 0.0882. The highest BCUT2D eigenvalue weighted by Gasteiger charge is 2.14. The Bertz CT molecular complexity index is 1470. The van der Waals surface area contributed by atoms with Crippen molar-refractivity contribution in [1.29, 1.82) is 0 Å². The Hall–Kier alpha value is -4.83. The first-order valence-corrected chi connectivity index (χ1v) is 12.6. The summed E-state index contributed by atoms with van der Waals surface area (Å²) in [6.07, 6.45) is 1.80. The lowest BCUT2D eigenvalue weighted by atomic mass is 10.0. The van der Waals surface area contributed by atoms with Gasteiger partial charge in [-0.1, -0.05) is 116 Å². The number of hydrogen-bond acceptors (Lipinski definition) is 4. The van der Waals surface area contributed by atoms with Gasteiger partial charge in [-0.25, -0.2) is 0 Å². The molecule has 0 aliphatic rings. The summed E-state index contributed by atoms with van der Waals surface area (Å²) in [5, 5.41) is 0. The molecule has 4 aromatic carbocycles. The third kappa shape index (κ3) is 6.48. The van der Waals surface area contributed by atoms with Gasteiger partial charge in [0.1, 0.15) is 25.6 Å². The monoisotopic (exact) mass is 499 g/mol. The number of aromatic nitrogens is 1. The van der Waals surface area contributed by atoms with E-state index in [1.807, 2.05) is 121 Å². The molecule has 0 spiro atoms. The van der Waals surface area contributed by atoms with Crippen LogP contribution in [0.4, 0.5) is 0 Å². The van der Waals surface area contributed by atoms with Crippen molar-refractivity contribution in [3.05, 3.63) is 150 Å². The highest BCUT2D eigenvalue weighted by molar-refractivity contribution is 5.73. The van der Waals surface area contributed by atoms with E-state index in [9.17, 15) is 0 Å². The minimum Gasteiger partial charge on any atom is -0.488 e. The summed E-state index contributed by atoms with van der Waals surface area (Å²) >= 11 is 0. The normalized spacial score (nSPS) is 10.5. The number of ether oxygens (including phenoxy) is 3. The molecule has 188 valence electrons. The summed E-state index contributed by atoms with van der Waals surface area (Å²) in [4.78, 5) is 4.74. The average Bonchev–Trinajstić information content (AvgIpc) is 2.99. The van der Waals surface area contributed by atoms with Crippen LogP contribution < -0.4 is 14.2 Å². The Labute approximate surface area is 223 Å². The number of rotatable bonds is 11. The van der Waals surface area contributed by atoms with Crippen LogP contribution >= 0.6 is 0 Å². The van der Waals surface area contributed by atoms with Crippen LogP contribution in [0.2, 0.25) is 0 Å². The molecule has 0 amide bonds. The average molecular weight is 500 g/mol. The van der Waals surface area contributed by atoms with Crippen molar-refractivity contribution in [1.82, 2.24) is 4.98 Å². The SMILES string of the molecule is C=Cc1ccc(-c2ccc(OCc3ccccc3)nc2OCc2ccccc2)cc1OCc1ccccc1. The predicted molar refractivity (Wildman–Crippen MR) is 152 cm³/mol. The molecule has 0 bridgehead atoms. The van der Waals surface area contributed by atoms with Crippen LogP contribution in [-0.4, -0.2) is 4.98 Å². The number of benzene rings is 4. The standard InChI is InChI=1S/C34H29NO3/c1-2-29-18-19-30(22-32(29)36-23-26-12-6-3-7-13-26)31-20-21-33(37-24-27-14-8-4-9-15-27)35-34(31)38-25-28-16-10-5-11-17-28/h2-22H,1,23-25H2. The van der Waals surface area contributed by atoms with Gasteiger partial charge < -0.3 is 14.2 Å². The first kappa shape index (κ1) is 24.8. The zero-order valence-electron chi connectivity index (χ0n) is 21.1. The van der Waals surface area contributed by atoms with Gasteiger partial charge in [0.15, 0.2) is 0 Å². The van der Waals surface area contributed by atoms with E-state index in [0.717, 1.165) is 39.1 Å². The number of hydrogen-bond donors (Lipinski definition) is 0. The molecule has 0 N–H and O–H groups in total. The van der Waals surface area contributed by atoms with E-state index >= 15 is 0 Å². The summed E-state index contributed by atoms with van der Waals surface area (Å²) in [7, 11) is 0. The zero-order valence-corrected chi connectivity index (χ0v) is 21.1. The second kappa shape index (κ2) is 12.4. The Morgan fingerprint density at radius 1 is 0.579 bits per heavy atom. The van der Waals surface area contributed by atoms with Crippen LogP contribution in [-0.2, 0) is 19.8 Å². The molecule has 4 heteroatoms. The van der Waals surface area contributed by atoms with E-state index in [-0.39, 0.29) is 0 Å². The highest BCUT2D eigenvalue weighted by atomic mass is 16.5. The lowest BCUT2D eigenvalue weighted by Crippen LogP contribution is -2.03. The maximum absolute atomic E-state index is 6.24. The molecular weight excluding hydrogens is 470 g/mol. The molecule has 0 saturated heterocycles. The van der Waals surface area contributed by atoms with E-state index in [1.54, 1.807) is 6.08 Å². The van der Waals surface area contributed by atoms with Gasteiger partial charge >= 0.3 is 0 Å². The fourth-order valence-corrected chi connectivity index (χ4v) is 4.02. The van der Waals surface area contributed by atoms with E-state index in [4.69, 9.17) is 19.2 Å². The van der Waals surface area contributed by atoms with Gasteiger partial charge in [0.05, 0.1) is 0 Å². The smallest absolute Gasteiger partial charge is 0.225 e. The highest BCUT2D eigenvalue weighted by Crippen LogP contribution is 2.35. The molecule has 4 nitrogen and oxygen atoms in total. The van der Waals surface area contributed by atoms with Crippen molar-refractivity contribution < 1.29 is 14.2 Å². The quantitative estimate of drug-likeness (QED) is 0.184. The van der Waals surface area contributed by atoms with E-state index < -0.39 is 0 Å². The molecule has 0 radical (unpaired) electrons. The molecule has 0 atom stereocenters. The lowest BCUT2D eigenvalue weighted by molar-refractivity contribution is 0.268. The molecule has 5 rings (SSSR count). The largest absolute Gasteiger partial charge is 0.488 e. The summed E-state index contributed by atoms with van der Waals surface area (Å²) in [5.41, 5.74) is 5.95. The van der Waals surface area contributed by atoms with E-state index in [0.29, 0.717) is 31.6 Å². The second-order valence-electron chi connectivity index (χ2n) is 8.78. The maximum Gasteiger partial charge on any atom is 0.225 e. The van der Waals surface area contributed by atoms with Crippen molar-refractivity contribution in [2.45, 2.75) is 19.8 Å². The van der Waals surface area contributed by atoms with Crippen molar-refractivity contribution in [3.63, 3.8) is 0 Å². The summed E-state index contributed by atoms with van der Waals surface area (Å²) in [6.45, 7) is 5.24.